The lowest BCUT2D eigenvalue weighted by molar-refractivity contribution is -0.127. The molecule has 0 aromatic rings. The van der Waals surface area contributed by atoms with Gasteiger partial charge < -0.3 is 9.47 Å². The van der Waals surface area contributed by atoms with Gasteiger partial charge in [0, 0.05) is 7.11 Å². The van der Waals surface area contributed by atoms with Crippen LogP contribution in [-0.4, -0.2) is 27.2 Å². The first-order chi connectivity index (χ1) is 8.16. The van der Waals surface area contributed by atoms with Gasteiger partial charge in [-0.3, -0.25) is 0 Å². The lowest BCUT2D eigenvalue weighted by atomic mass is 10.2. The van der Waals surface area contributed by atoms with Crippen LogP contribution in [0, 0.1) is 0 Å². The van der Waals surface area contributed by atoms with Gasteiger partial charge in [0.15, 0.2) is 6.29 Å². The molecule has 0 aliphatic heterocycles. The Labute approximate surface area is 115 Å². The molecule has 18 heavy (non-hydrogen) atoms. The third kappa shape index (κ3) is 5.41. The molecule has 0 saturated heterocycles. The standard InChI is InChI=1S/C15H34O2Si/c1-9-10-11-12-14(17-13(2)16-6)18(7,8)15(3,4)5/h13-14H,9-12H2,1-8H3/t13-,14-/m0/s1. The molecule has 0 saturated carbocycles. The predicted molar refractivity (Wildman–Crippen MR) is 82.7 cm³/mol. The van der Waals surface area contributed by atoms with E-state index in [0.717, 1.165) is 0 Å². The number of hydrogen-bond donors (Lipinski definition) is 0. The summed E-state index contributed by atoms with van der Waals surface area (Å²) >= 11 is 0. The quantitative estimate of drug-likeness (QED) is 0.352. The van der Waals surface area contributed by atoms with E-state index in [-0.39, 0.29) is 6.29 Å². The van der Waals surface area contributed by atoms with Crippen molar-refractivity contribution in [3.05, 3.63) is 0 Å². The molecule has 0 aromatic carbocycles. The highest BCUT2D eigenvalue weighted by molar-refractivity contribution is 6.81. The monoisotopic (exact) mass is 274 g/mol. The molecular weight excluding hydrogens is 240 g/mol. The zero-order valence-corrected chi connectivity index (χ0v) is 14.8. The Bertz CT molecular complexity index is 221. The predicted octanol–water partition coefficient (Wildman–Crippen LogP) is 4.99. The molecule has 0 aromatic heterocycles. The fourth-order valence-electron chi connectivity index (χ4n) is 1.95. The van der Waals surface area contributed by atoms with Gasteiger partial charge in [-0.05, 0) is 18.4 Å². The molecular formula is C15H34O2Si. The minimum absolute atomic E-state index is 0.0919. The average molecular weight is 275 g/mol. The highest BCUT2D eigenvalue weighted by Gasteiger charge is 2.43. The van der Waals surface area contributed by atoms with Crippen LogP contribution >= 0.6 is 0 Å². The molecule has 110 valence electrons. The summed E-state index contributed by atoms with van der Waals surface area (Å²) in [5.74, 6) is 0. The average Bonchev–Trinajstić information content (AvgIpc) is 2.26. The van der Waals surface area contributed by atoms with Gasteiger partial charge in [-0.25, -0.2) is 0 Å². The van der Waals surface area contributed by atoms with E-state index < -0.39 is 8.07 Å². The van der Waals surface area contributed by atoms with Crippen LogP contribution in [0.15, 0.2) is 0 Å². The van der Waals surface area contributed by atoms with Crippen molar-refractivity contribution in [3.8, 4) is 0 Å². The van der Waals surface area contributed by atoms with Crippen LogP contribution in [0.1, 0.15) is 60.3 Å². The molecule has 0 N–H and O–H groups in total. The maximum atomic E-state index is 6.18. The zero-order valence-electron chi connectivity index (χ0n) is 13.8. The van der Waals surface area contributed by atoms with Crippen molar-refractivity contribution >= 4 is 8.07 Å². The maximum absolute atomic E-state index is 6.18. The maximum Gasteiger partial charge on any atom is 0.154 e. The molecule has 0 amide bonds. The lowest BCUT2D eigenvalue weighted by Gasteiger charge is -2.43. The van der Waals surface area contributed by atoms with Gasteiger partial charge in [0.05, 0.1) is 13.8 Å². The van der Waals surface area contributed by atoms with Gasteiger partial charge in [0.1, 0.15) is 0 Å². The number of methoxy groups -OCH3 is 1. The second-order valence-corrected chi connectivity index (χ2v) is 12.5. The molecule has 3 heteroatoms. The van der Waals surface area contributed by atoms with E-state index in [9.17, 15) is 0 Å². The zero-order chi connectivity index (χ0) is 14.4. The highest BCUT2D eigenvalue weighted by Crippen LogP contribution is 2.40. The Morgan fingerprint density at radius 3 is 2.06 bits per heavy atom. The first kappa shape index (κ1) is 18.1. The van der Waals surface area contributed by atoms with Crippen LogP contribution in [0.2, 0.25) is 18.1 Å². The smallest absolute Gasteiger partial charge is 0.154 e. The third-order valence-electron chi connectivity index (χ3n) is 4.50. The second kappa shape index (κ2) is 7.66. The van der Waals surface area contributed by atoms with E-state index >= 15 is 0 Å². The van der Waals surface area contributed by atoms with Crippen molar-refractivity contribution < 1.29 is 9.47 Å². The van der Waals surface area contributed by atoms with Crippen molar-refractivity contribution in [2.45, 2.75) is 90.5 Å². The molecule has 0 aliphatic carbocycles. The summed E-state index contributed by atoms with van der Waals surface area (Å²) < 4.78 is 11.5. The van der Waals surface area contributed by atoms with E-state index in [1.165, 1.54) is 25.7 Å². The van der Waals surface area contributed by atoms with Gasteiger partial charge >= 0.3 is 0 Å². The topological polar surface area (TPSA) is 18.5 Å². The molecule has 0 fully saturated rings. The molecule has 2 atom stereocenters. The molecule has 2 nitrogen and oxygen atoms in total. The van der Waals surface area contributed by atoms with Crippen LogP contribution in [0.4, 0.5) is 0 Å². The van der Waals surface area contributed by atoms with Crippen LogP contribution in [0.25, 0.3) is 0 Å². The minimum atomic E-state index is -1.47. The third-order valence-corrected chi connectivity index (χ3v) is 10.4. The molecule has 0 bridgehead atoms. The fraction of sp³-hybridized carbons (Fsp3) is 1.00. The van der Waals surface area contributed by atoms with Crippen molar-refractivity contribution in [1.29, 1.82) is 0 Å². The summed E-state index contributed by atoms with van der Waals surface area (Å²) in [6.07, 6.45) is 4.92. The van der Waals surface area contributed by atoms with E-state index in [0.29, 0.717) is 10.8 Å². The summed E-state index contributed by atoms with van der Waals surface area (Å²) in [6, 6.07) is 0. The van der Waals surface area contributed by atoms with Crippen molar-refractivity contribution in [3.63, 3.8) is 0 Å². The first-order valence-electron chi connectivity index (χ1n) is 7.35. The summed E-state index contributed by atoms with van der Waals surface area (Å²) in [4.78, 5) is 0. The molecule has 0 radical (unpaired) electrons. The van der Waals surface area contributed by atoms with Gasteiger partial charge in [0.2, 0.25) is 0 Å². The van der Waals surface area contributed by atoms with E-state index in [2.05, 4.69) is 40.8 Å². The summed E-state index contributed by atoms with van der Waals surface area (Å²) in [5, 5.41) is 0.358. The van der Waals surface area contributed by atoms with Gasteiger partial charge in [0.25, 0.3) is 0 Å². The Kier molecular flexibility index (Phi) is 7.72. The van der Waals surface area contributed by atoms with Gasteiger partial charge in [-0.15, -0.1) is 0 Å². The van der Waals surface area contributed by atoms with Gasteiger partial charge in [-0.2, -0.15) is 0 Å². The van der Waals surface area contributed by atoms with E-state index in [1.807, 2.05) is 6.92 Å². The number of unbranched alkanes of at least 4 members (excludes halogenated alkanes) is 2. The minimum Gasteiger partial charge on any atom is -0.356 e. The summed E-state index contributed by atoms with van der Waals surface area (Å²) in [5.41, 5.74) is 0.388. The molecule has 0 heterocycles. The van der Waals surface area contributed by atoms with Crippen molar-refractivity contribution in [2.75, 3.05) is 7.11 Å². The van der Waals surface area contributed by atoms with Crippen LogP contribution in [-0.2, 0) is 9.47 Å². The lowest BCUT2D eigenvalue weighted by Crippen LogP contribution is -2.51. The van der Waals surface area contributed by atoms with Crippen LogP contribution in [0.5, 0.6) is 0 Å². The Hall–Kier alpha value is 0.137. The first-order valence-corrected chi connectivity index (χ1v) is 10.4. The summed E-state index contributed by atoms with van der Waals surface area (Å²) in [6.45, 7) is 16.2. The normalized spacial score (nSPS) is 16.7. The van der Waals surface area contributed by atoms with E-state index in [4.69, 9.17) is 9.47 Å². The molecule has 0 aliphatic rings. The fourth-order valence-corrected chi connectivity index (χ4v) is 4.37. The van der Waals surface area contributed by atoms with Crippen LogP contribution in [0.3, 0.4) is 0 Å². The van der Waals surface area contributed by atoms with Crippen molar-refractivity contribution in [2.24, 2.45) is 0 Å². The second-order valence-electron chi connectivity index (χ2n) is 6.90. The van der Waals surface area contributed by atoms with Crippen LogP contribution < -0.4 is 0 Å². The Balaban J connectivity index is 4.73. The number of rotatable bonds is 8. The number of hydrogen-bond acceptors (Lipinski definition) is 2. The Morgan fingerprint density at radius 2 is 1.67 bits per heavy atom. The summed E-state index contributed by atoms with van der Waals surface area (Å²) in [7, 11) is 0.256. The highest BCUT2D eigenvalue weighted by atomic mass is 28.3. The molecule has 0 spiro atoms. The molecule has 0 unspecified atom stereocenters. The molecule has 0 rings (SSSR count). The van der Waals surface area contributed by atoms with Crippen molar-refractivity contribution in [1.82, 2.24) is 0 Å². The van der Waals surface area contributed by atoms with E-state index in [1.54, 1.807) is 7.11 Å². The largest absolute Gasteiger partial charge is 0.356 e. The number of ether oxygens (including phenoxy) is 2. The Morgan fingerprint density at radius 1 is 1.11 bits per heavy atom. The SMILES string of the molecule is CCCCC[C@@H](O[C@@H](C)OC)[Si](C)(C)C(C)(C)C. The van der Waals surface area contributed by atoms with Gasteiger partial charge in [-0.1, -0.05) is 60.1 Å².